The fourth-order valence-corrected chi connectivity index (χ4v) is 2.16. The minimum atomic E-state index is 1.11. The van der Waals surface area contributed by atoms with Crippen LogP contribution < -0.4 is 0 Å². The second-order valence-corrected chi connectivity index (χ2v) is 4.47. The van der Waals surface area contributed by atoms with E-state index in [1.165, 1.54) is 11.6 Å². The Morgan fingerprint density at radius 2 is 2.45 bits per heavy atom. The molecule has 0 spiro atoms. The van der Waals surface area contributed by atoms with Crippen LogP contribution in [0.1, 0.15) is 10.4 Å². The second kappa shape index (κ2) is 3.70. The van der Waals surface area contributed by atoms with Crippen molar-refractivity contribution in [2.45, 2.75) is 6.92 Å². The van der Waals surface area contributed by atoms with Gasteiger partial charge in [-0.15, -0.1) is 11.3 Å². The molecule has 0 aromatic carbocycles. The maximum Gasteiger partial charge on any atom is 0.0912 e. The standard InChI is InChI=1S/C8H6BrNS/c1-6-5-7(3-2-4-10)11-8(6)9/h2-3,5H,1H3. The summed E-state index contributed by atoms with van der Waals surface area (Å²) < 4.78 is 1.13. The molecule has 11 heavy (non-hydrogen) atoms. The summed E-state index contributed by atoms with van der Waals surface area (Å²) in [4.78, 5) is 1.11. The summed E-state index contributed by atoms with van der Waals surface area (Å²) >= 11 is 5.04. The lowest BCUT2D eigenvalue weighted by Crippen LogP contribution is -1.58. The molecule has 0 fully saturated rings. The van der Waals surface area contributed by atoms with Crippen molar-refractivity contribution in [3.8, 4) is 6.07 Å². The van der Waals surface area contributed by atoms with Crippen molar-refractivity contribution in [2.24, 2.45) is 0 Å². The Balaban J connectivity index is 2.91. The number of aryl methyl sites for hydroxylation is 1. The summed E-state index contributed by atoms with van der Waals surface area (Å²) in [5.74, 6) is 0. The molecule has 0 radical (unpaired) electrons. The molecule has 0 atom stereocenters. The van der Waals surface area contributed by atoms with E-state index in [0.717, 1.165) is 8.66 Å². The molecule has 1 rings (SSSR count). The lowest BCUT2D eigenvalue weighted by Gasteiger charge is -1.77. The minimum Gasteiger partial charge on any atom is -0.193 e. The highest BCUT2D eigenvalue weighted by Crippen LogP contribution is 2.27. The predicted molar refractivity (Wildman–Crippen MR) is 51.4 cm³/mol. The number of nitrogens with zero attached hydrogens (tertiary/aromatic N) is 1. The average molecular weight is 228 g/mol. The number of hydrogen-bond donors (Lipinski definition) is 0. The van der Waals surface area contributed by atoms with Crippen molar-refractivity contribution in [2.75, 3.05) is 0 Å². The molecule has 0 N–H and O–H groups in total. The van der Waals surface area contributed by atoms with Crippen LogP contribution in [0.3, 0.4) is 0 Å². The molecule has 0 saturated heterocycles. The monoisotopic (exact) mass is 227 g/mol. The quantitative estimate of drug-likeness (QED) is 0.676. The number of rotatable bonds is 1. The second-order valence-electron chi connectivity index (χ2n) is 2.07. The molecule has 56 valence electrons. The first-order chi connectivity index (χ1) is 5.24. The van der Waals surface area contributed by atoms with Gasteiger partial charge in [-0.25, -0.2) is 0 Å². The Kier molecular flexibility index (Phi) is 2.86. The van der Waals surface area contributed by atoms with Gasteiger partial charge in [-0.1, -0.05) is 0 Å². The fourth-order valence-electron chi connectivity index (χ4n) is 0.685. The van der Waals surface area contributed by atoms with Crippen LogP contribution in [-0.2, 0) is 0 Å². The first kappa shape index (κ1) is 8.51. The minimum absolute atomic E-state index is 1.11. The van der Waals surface area contributed by atoms with E-state index in [2.05, 4.69) is 15.9 Å². The topological polar surface area (TPSA) is 23.8 Å². The highest BCUT2D eigenvalue weighted by Gasteiger charge is 1.98. The zero-order chi connectivity index (χ0) is 8.27. The van der Waals surface area contributed by atoms with Gasteiger partial charge in [0.1, 0.15) is 0 Å². The van der Waals surface area contributed by atoms with Gasteiger partial charge in [-0.2, -0.15) is 5.26 Å². The summed E-state index contributed by atoms with van der Waals surface area (Å²) in [5, 5.41) is 8.26. The fraction of sp³-hybridized carbons (Fsp3) is 0.125. The van der Waals surface area contributed by atoms with Crippen LogP contribution in [-0.4, -0.2) is 0 Å². The maximum atomic E-state index is 8.26. The lowest BCUT2D eigenvalue weighted by atomic mass is 10.3. The summed E-state index contributed by atoms with van der Waals surface area (Å²) in [7, 11) is 0. The molecular weight excluding hydrogens is 222 g/mol. The number of thiophene rings is 1. The summed E-state index contributed by atoms with van der Waals surface area (Å²) in [6, 6.07) is 4.00. The smallest absolute Gasteiger partial charge is 0.0912 e. The Bertz CT molecular complexity index is 300. The van der Waals surface area contributed by atoms with E-state index in [4.69, 9.17) is 5.26 Å². The Morgan fingerprint density at radius 1 is 1.73 bits per heavy atom. The summed E-state index contributed by atoms with van der Waals surface area (Å²) in [6.45, 7) is 2.03. The van der Waals surface area contributed by atoms with E-state index in [-0.39, 0.29) is 0 Å². The SMILES string of the molecule is Cc1cc(C=CC#N)sc1Br. The Labute approximate surface area is 78.1 Å². The van der Waals surface area contributed by atoms with Crippen LogP contribution in [0.25, 0.3) is 6.08 Å². The van der Waals surface area contributed by atoms with Crippen LogP contribution in [0.5, 0.6) is 0 Å². The zero-order valence-corrected chi connectivity index (χ0v) is 8.37. The molecule has 0 saturated carbocycles. The molecule has 1 heterocycles. The molecule has 3 heteroatoms. The van der Waals surface area contributed by atoms with Crippen LogP contribution in [0.2, 0.25) is 0 Å². The molecule has 0 aliphatic carbocycles. The van der Waals surface area contributed by atoms with Crippen molar-refractivity contribution in [3.63, 3.8) is 0 Å². The van der Waals surface area contributed by atoms with E-state index < -0.39 is 0 Å². The number of allylic oxidation sites excluding steroid dienone is 1. The van der Waals surface area contributed by atoms with Crippen molar-refractivity contribution in [3.05, 3.63) is 26.4 Å². The molecule has 1 aromatic heterocycles. The zero-order valence-electron chi connectivity index (χ0n) is 5.97. The van der Waals surface area contributed by atoms with Gasteiger partial charge in [0.05, 0.1) is 9.86 Å². The third-order valence-corrected chi connectivity index (χ3v) is 3.30. The first-order valence-electron chi connectivity index (χ1n) is 3.06. The average Bonchev–Trinajstić information content (AvgIpc) is 2.28. The first-order valence-corrected chi connectivity index (χ1v) is 4.67. The van der Waals surface area contributed by atoms with Gasteiger partial charge in [0, 0.05) is 11.0 Å². The highest BCUT2D eigenvalue weighted by atomic mass is 79.9. The molecular formula is C8H6BrNS. The molecule has 1 aromatic rings. The van der Waals surface area contributed by atoms with Crippen LogP contribution in [0, 0.1) is 18.3 Å². The van der Waals surface area contributed by atoms with Crippen LogP contribution in [0.4, 0.5) is 0 Å². The van der Waals surface area contributed by atoms with Gasteiger partial charge in [0.25, 0.3) is 0 Å². The van der Waals surface area contributed by atoms with Crippen molar-refractivity contribution < 1.29 is 0 Å². The van der Waals surface area contributed by atoms with Gasteiger partial charge in [-0.05, 0) is 40.6 Å². The lowest BCUT2D eigenvalue weighted by molar-refractivity contribution is 1.52. The maximum absolute atomic E-state index is 8.26. The van der Waals surface area contributed by atoms with Crippen molar-refractivity contribution in [1.29, 1.82) is 5.26 Å². The van der Waals surface area contributed by atoms with Crippen molar-refractivity contribution >= 4 is 33.3 Å². The van der Waals surface area contributed by atoms with E-state index in [0.29, 0.717) is 0 Å². The van der Waals surface area contributed by atoms with Crippen LogP contribution in [0.15, 0.2) is 15.9 Å². The van der Waals surface area contributed by atoms with Gasteiger partial charge in [0.2, 0.25) is 0 Å². The van der Waals surface area contributed by atoms with Crippen LogP contribution >= 0.6 is 27.3 Å². The third-order valence-electron chi connectivity index (χ3n) is 1.20. The molecule has 0 bridgehead atoms. The normalized spacial score (nSPS) is 10.3. The van der Waals surface area contributed by atoms with Gasteiger partial charge < -0.3 is 0 Å². The van der Waals surface area contributed by atoms with Gasteiger partial charge >= 0.3 is 0 Å². The molecule has 1 nitrogen and oxygen atoms in total. The molecule has 0 aliphatic rings. The summed E-state index contributed by atoms with van der Waals surface area (Å²) in [5.41, 5.74) is 1.22. The van der Waals surface area contributed by atoms with E-state index in [1.54, 1.807) is 11.3 Å². The Hall–Kier alpha value is -0.590. The van der Waals surface area contributed by atoms with E-state index in [9.17, 15) is 0 Å². The Morgan fingerprint density at radius 3 is 2.91 bits per heavy atom. The van der Waals surface area contributed by atoms with Gasteiger partial charge in [-0.3, -0.25) is 0 Å². The predicted octanol–water partition coefficient (Wildman–Crippen LogP) is 3.36. The molecule has 0 unspecified atom stereocenters. The highest BCUT2D eigenvalue weighted by molar-refractivity contribution is 9.11. The van der Waals surface area contributed by atoms with Gasteiger partial charge in [0.15, 0.2) is 0 Å². The summed E-state index contributed by atoms with van der Waals surface area (Å²) in [6.07, 6.45) is 3.29. The van der Waals surface area contributed by atoms with Crippen molar-refractivity contribution in [1.82, 2.24) is 0 Å². The number of halogens is 1. The largest absolute Gasteiger partial charge is 0.193 e. The number of hydrogen-bond acceptors (Lipinski definition) is 2. The molecule has 0 aliphatic heterocycles. The third kappa shape index (κ3) is 2.18. The number of nitriles is 1. The van der Waals surface area contributed by atoms with E-state index >= 15 is 0 Å². The molecule has 0 amide bonds. The van der Waals surface area contributed by atoms with E-state index in [1.807, 2.05) is 25.1 Å².